The van der Waals surface area contributed by atoms with Gasteiger partial charge in [0.05, 0.1) is 12.0 Å². The summed E-state index contributed by atoms with van der Waals surface area (Å²) in [5.41, 5.74) is 7.59. The maximum absolute atomic E-state index is 5.77. The molecule has 0 fully saturated rings. The number of aliphatic imine (C=N–C) groups is 1. The molecule has 1 aliphatic heterocycles. The normalized spacial score (nSPS) is 15.9. The zero-order valence-electron chi connectivity index (χ0n) is 7.57. The summed E-state index contributed by atoms with van der Waals surface area (Å²) < 4.78 is 1.94. The lowest BCUT2D eigenvalue weighted by molar-refractivity contribution is 0.899. The summed E-state index contributed by atoms with van der Waals surface area (Å²) in [5.74, 6) is 0.542. The van der Waals surface area contributed by atoms with E-state index in [1.54, 1.807) is 6.33 Å². The number of hydrogen-bond acceptors (Lipinski definition) is 3. The second-order valence-corrected chi connectivity index (χ2v) is 3.05. The van der Waals surface area contributed by atoms with E-state index >= 15 is 0 Å². The van der Waals surface area contributed by atoms with Gasteiger partial charge in [0.1, 0.15) is 11.5 Å². The summed E-state index contributed by atoms with van der Waals surface area (Å²) in [6.45, 7) is 0.748. The van der Waals surface area contributed by atoms with E-state index in [1.807, 2.05) is 17.7 Å². The van der Waals surface area contributed by atoms with Crippen LogP contribution < -0.4 is 5.73 Å². The third-order valence-electron chi connectivity index (χ3n) is 2.08. The lowest BCUT2D eigenvalue weighted by Gasteiger charge is -2.03. The molecule has 4 nitrogen and oxygen atoms in total. The predicted molar refractivity (Wildman–Crippen MR) is 52.5 cm³/mol. The smallest absolute Gasteiger partial charge is 0.146 e. The number of hydrogen-bond donors (Lipinski definition) is 1. The van der Waals surface area contributed by atoms with Gasteiger partial charge in [-0.1, -0.05) is 6.08 Å². The fourth-order valence-corrected chi connectivity index (χ4v) is 1.36. The highest BCUT2D eigenvalue weighted by Crippen LogP contribution is 2.10. The maximum atomic E-state index is 5.77. The van der Waals surface area contributed by atoms with Crippen molar-refractivity contribution in [3.8, 4) is 0 Å². The van der Waals surface area contributed by atoms with Gasteiger partial charge in [-0.25, -0.2) is 4.98 Å². The molecule has 1 aromatic rings. The third kappa shape index (κ3) is 1.35. The van der Waals surface area contributed by atoms with Gasteiger partial charge in [0.2, 0.25) is 0 Å². The van der Waals surface area contributed by atoms with Crippen LogP contribution in [-0.2, 0) is 7.05 Å². The molecule has 2 heterocycles. The number of nitrogens with zero attached hydrogens (tertiary/aromatic N) is 3. The van der Waals surface area contributed by atoms with Crippen molar-refractivity contribution in [2.75, 3.05) is 6.54 Å². The van der Waals surface area contributed by atoms with Crippen molar-refractivity contribution in [3.63, 3.8) is 0 Å². The Morgan fingerprint density at radius 1 is 1.54 bits per heavy atom. The van der Waals surface area contributed by atoms with Crippen LogP contribution in [0.4, 0.5) is 0 Å². The van der Waals surface area contributed by atoms with E-state index < -0.39 is 0 Å². The summed E-state index contributed by atoms with van der Waals surface area (Å²) in [4.78, 5) is 8.40. The van der Waals surface area contributed by atoms with Gasteiger partial charge < -0.3 is 10.3 Å². The summed E-state index contributed by atoms with van der Waals surface area (Å²) in [6, 6.07) is 0. The molecule has 0 spiro atoms. The largest absolute Gasteiger partial charge is 0.382 e. The van der Waals surface area contributed by atoms with Crippen molar-refractivity contribution < 1.29 is 0 Å². The van der Waals surface area contributed by atoms with Gasteiger partial charge in [0.15, 0.2) is 0 Å². The molecular formula is C9H12N4. The quantitative estimate of drug-likeness (QED) is 0.627. The SMILES string of the molecule is Cn1cnc2c1C=CCCN=C2N. The van der Waals surface area contributed by atoms with E-state index in [0.717, 1.165) is 24.4 Å². The Balaban J connectivity index is 2.57. The highest BCUT2D eigenvalue weighted by Gasteiger charge is 2.10. The average molecular weight is 176 g/mol. The van der Waals surface area contributed by atoms with E-state index in [1.165, 1.54) is 0 Å². The fraction of sp³-hybridized carbons (Fsp3) is 0.333. The number of amidine groups is 1. The van der Waals surface area contributed by atoms with Crippen LogP contribution >= 0.6 is 0 Å². The Morgan fingerprint density at radius 2 is 2.38 bits per heavy atom. The molecule has 0 saturated carbocycles. The van der Waals surface area contributed by atoms with Crippen molar-refractivity contribution in [1.29, 1.82) is 0 Å². The van der Waals surface area contributed by atoms with Crippen molar-refractivity contribution in [1.82, 2.24) is 9.55 Å². The number of imidazole rings is 1. The molecule has 0 atom stereocenters. The van der Waals surface area contributed by atoms with Gasteiger partial charge >= 0.3 is 0 Å². The second-order valence-electron chi connectivity index (χ2n) is 3.05. The molecule has 0 amide bonds. The van der Waals surface area contributed by atoms with Crippen LogP contribution in [0.15, 0.2) is 17.4 Å². The minimum Gasteiger partial charge on any atom is -0.382 e. The van der Waals surface area contributed by atoms with Crippen LogP contribution in [0, 0.1) is 0 Å². The van der Waals surface area contributed by atoms with Crippen molar-refractivity contribution in [2.24, 2.45) is 17.8 Å². The molecule has 13 heavy (non-hydrogen) atoms. The van der Waals surface area contributed by atoms with E-state index in [2.05, 4.69) is 16.1 Å². The third-order valence-corrected chi connectivity index (χ3v) is 2.08. The highest BCUT2D eigenvalue weighted by atomic mass is 15.1. The lowest BCUT2D eigenvalue weighted by atomic mass is 10.2. The molecular weight excluding hydrogens is 164 g/mol. The number of rotatable bonds is 0. The van der Waals surface area contributed by atoms with Crippen LogP contribution in [0.1, 0.15) is 17.8 Å². The molecule has 0 bridgehead atoms. The van der Waals surface area contributed by atoms with Gasteiger partial charge in [-0.2, -0.15) is 0 Å². The average Bonchev–Trinajstić information content (AvgIpc) is 2.43. The molecule has 68 valence electrons. The Hall–Kier alpha value is -1.58. The first-order valence-electron chi connectivity index (χ1n) is 4.27. The summed E-state index contributed by atoms with van der Waals surface area (Å²) in [6.07, 6.45) is 6.83. The Bertz CT molecular complexity index is 373. The van der Waals surface area contributed by atoms with Crippen LogP contribution in [0.5, 0.6) is 0 Å². The first kappa shape index (κ1) is 8.04. The summed E-state index contributed by atoms with van der Waals surface area (Å²) in [7, 11) is 1.95. The minimum absolute atomic E-state index is 0.542. The molecule has 2 rings (SSSR count). The fourth-order valence-electron chi connectivity index (χ4n) is 1.36. The van der Waals surface area contributed by atoms with Crippen LogP contribution in [0.25, 0.3) is 6.08 Å². The molecule has 0 aromatic carbocycles. The number of nitrogens with two attached hydrogens (primary N) is 1. The topological polar surface area (TPSA) is 56.2 Å². The van der Waals surface area contributed by atoms with Crippen LogP contribution in [0.2, 0.25) is 0 Å². The van der Waals surface area contributed by atoms with Gasteiger partial charge in [0.25, 0.3) is 0 Å². The van der Waals surface area contributed by atoms with Crippen LogP contribution in [0.3, 0.4) is 0 Å². The molecule has 1 aromatic heterocycles. The zero-order valence-corrected chi connectivity index (χ0v) is 7.57. The molecule has 0 radical (unpaired) electrons. The van der Waals surface area contributed by atoms with Crippen molar-refractivity contribution in [2.45, 2.75) is 6.42 Å². The molecule has 0 aliphatic carbocycles. The number of aryl methyl sites for hydroxylation is 1. The Kier molecular flexibility index (Phi) is 1.88. The standard InChI is InChI=1S/C9H12N4/c1-13-6-12-8-7(13)4-2-3-5-11-9(8)10/h2,4,6H,3,5H2,1H3,(H2,10,11). The first-order valence-corrected chi connectivity index (χ1v) is 4.27. The molecule has 4 heteroatoms. The minimum atomic E-state index is 0.542. The molecule has 1 aliphatic rings. The molecule has 2 N–H and O–H groups in total. The summed E-state index contributed by atoms with van der Waals surface area (Å²) in [5, 5.41) is 0. The highest BCUT2D eigenvalue weighted by molar-refractivity contribution is 5.98. The first-order chi connectivity index (χ1) is 6.29. The Labute approximate surface area is 76.8 Å². The van der Waals surface area contributed by atoms with E-state index in [4.69, 9.17) is 5.73 Å². The lowest BCUT2D eigenvalue weighted by Crippen LogP contribution is -2.17. The summed E-state index contributed by atoms with van der Waals surface area (Å²) >= 11 is 0. The second kappa shape index (κ2) is 3.05. The predicted octanol–water partition coefficient (Wildman–Crippen LogP) is 0.542. The van der Waals surface area contributed by atoms with E-state index in [9.17, 15) is 0 Å². The van der Waals surface area contributed by atoms with Gasteiger partial charge in [-0.3, -0.25) is 4.99 Å². The maximum Gasteiger partial charge on any atom is 0.146 e. The van der Waals surface area contributed by atoms with E-state index in [0.29, 0.717) is 5.84 Å². The zero-order chi connectivity index (χ0) is 9.26. The van der Waals surface area contributed by atoms with Crippen molar-refractivity contribution >= 4 is 11.9 Å². The number of fused-ring (bicyclic) bond motifs is 1. The van der Waals surface area contributed by atoms with E-state index in [-0.39, 0.29) is 0 Å². The van der Waals surface area contributed by atoms with Gasteiger partial charge in [0, 0.05) is 13.6 Å². The molecule has 0 unspecified atom stereocenters. The molecule has 0 saturated heterocycles. The van der Waals surface area contributed by atoms with Crippen molar-refractivity contribution in [3.05, 3.63) is 23.8 Å². The van der Waals surface area contributed by atoms with Gasteiger partial charge in [-0.05, 0) is 12.5 Å². The van der Waals surface area contributed by atoms with Crippen LogP contribution in [-0.4, -0.2) is 21.9 Å². The monoisotopic (exact) mass is 176 g/mol. The Morgan fingerprint density at radius 3 is 3.23 bits per heavy atom. The van der Waals surface area contributed by atoms with Gasteiger partial charge in [-0.15, -0.1) is 0 Å². The number of aromatic nitrogens is 2.